The molecule has 0 unspecified atom stereocenters. The van der Waals surface area contributed by atoms with Gasteiger partial charge in [-0.3, -0.25) is 4.79 Å². The van der Waals surface area contributed by atoms with Crippen LogP contribution in [0.1, 0.15) is 28.4 Å². The molecule has 0 aliphatic carbocycles. The van der Waals surface area contributed by atoms with E-state index in [0.717, 1.165) is 23.4 Å². The molecule has 0 aromatic heterocycles. The summed E-state index contributed by atoms with van der Waals surface area (Å²) in [6.45, 7) is 6.56. The molecule has 0 saturated carbocycles. The summed E-state index contributed by atoms with van der Waals surface area (Å²) >= 11 is 0. The Labute approximate surface area is 124 Å². The Morgan fingerprint density at radius 2 is 1.86 bits per heavy atom. The van der Waals surface area contributed by atoms with Crippen molar-refractivity contribution in [3.05, 3.63) is 58.9 Å². The summed E-state index contributed by atoms with van der Waals surface area (Å²) in [5.41, 5.74) is 3.76. The highest BCUT2D eigenvalue weighted by molar-refractivity contribution is 6.05. The van der Waals surface area contributed by atoms with Crippen LogP contribution in [0.15, 0.2) is 36.4 Å². The van der Waals surface area contributed by atoms with Gasteiger partial charge in [0, 0.05) is 23.5 Å². The van der Waals surface area contributed by atoms with Crippen LogP contribution >= 0.6 is 0 Å². The highest BCUT2D eigenvalue weighted by atomic mass is 19.1. The number of rotatable bonds is 4. The van der Waals surface area contributed by atoms with E-state index in [1.54, 1.807) is 12.1 Å². The average Bonchev–Trinajstić information content (AvgIpc) is 2.43. The van der Waals surface area contributed by atoms with Gasteiger partial charge in [-0.1, -0.05) is 6.07 Å². The number of hydrogen-bond acceptors (Lipinski definition) is 2. The van der Waals surface area contributed by atoms with Crippen LogP contribution < -0.4 is 10.6 Å². The van der Waals surface area contributed by atoms with Gasteiger partial charge in [0.1, 0.15) is 5.82 Å². The summed E-state index contributed by atoms with van der Waals surface area (Å²) in [5.74, 6) is -0.598. The van der Waals surface area contributed by atoms with Crippen LogP contribution in [0.3, 0.4) is 0 Å². The topological polar surface area (TPSA) is 41.1 Å². The fourth-order valence-corrected chi connectivity index (χ4v) is 2.15. The Bertz CT molecular complexity index is 668. The Morgan fingerprint density at radius 3 is 2.52 bits per heavy atom. The van der Waals surface area contributed by atoms with Crippen molar-refractivity contribution < 1.29 is 9.18 Å². The number of carbonyl (C=O) groups excluding carboxylic acids is 1. The van der Waals surface area contributed by atoms with Crippen molar-refractivity contribution in [1.29, 1.82) is 0 Å². The minimum Gasteiger partial charge on any atom is -0.385 e. The lowest BCUT2D eigenvalue weighted by molar-refractivity contribution is 0.102. The largest absolute Gasteiger partial charge is 0.385 e. The van der Waals surface area contributed by atoms with Crippen LogP contribution in [0.25, 0.3) is 0 Å². The van der Waals surface area contributed by atoms with Crippen molar-refractivity contribution in [2.24, 2.45) is 0 Å². The van der Waals surface area contributed by atoms with Crippen LogP contribution in [0.4, 0.5) is 15.8 Å². The molecule has 110 valence electrons. The van der Waals surface area contributed by atoms with Gasteiger partial charge < -0.3 is 10.6 Å². The smallest absolute Gasteiger partial charge is 0.255 e. The molecule has 1 amide bonds. The number of nitrogens with one attached hydrogen (secondary N) is 2. The van der Waals surface area contributed by atoms with Crippen molar-refractivity contribution >= 4 is 17.3 Å². The Morgan fingerprint density at radius 1 is 1.10 bits per heavy atom. The quantitative estimate of drug-likeness (QED) is 0.887. The molecule has 0 fully saturated rings. The van der Waals surface area contributed by atoms with Crippen molar-refractivity contribution in [1.82, 2.24) is 0 Å². The Kier molecular flexibility index (Phi) is 4.58. The van der Waals surface area contributed by atoms with Crippen molar-refractivity contribution in [3.63, 3.8) is 0 Å². The fourth-order valence-electron chi connectivity index (χ4n) is 2.15. The molecule has 4 heteroatoms. The summed E-state index contributed by atoms with van der Waals surface area (Å²) in [6.07, 6.45) is 0. The maximum Gasteiger partial charge on any atom is 0.255 e. The molecular weight excluding hydrogens is 267 g/mol. The summed E-state index contributed by atoms with van der Waals surface area (Å²) in [5, 5.41) is 5.96. The van der Waals surface area contributed by atoms with E-state index in [9.17, 15) is 9.18 Å². The first-order valence-corrected chi connectivity index (χ1v) is 6.93. The lowest BCUT2D eigenvalue weighted by Gasteiger charge is -2.12. The second-order valence-corrected chi connectivity index (χ2v) is 4.97. The fraction of sp³-hybridized carbons (Fsp3) is 0.235. The number of amides is 1. The summed E-state index contributed by atoms with van der Waals surface area (Å²) < 4.78 is 13.3. The summed E-state index contributed by atoms with van der Waals surface area (Å²) in [7, 11) is 0. The number of carbonyl (C=O) groups is 1. The van der Waals surface area contributed by atoms with Gasteiger partial charge in [0.15, 0.2) is 0 Å². The van der Waals surface area contributed by atoms with Crippen LogP contribution in [0.2, 0.25) is 0 Å². The number of benzene rings is 2. The minimum atomic E-state index is -0.366. The van der Waals surface area contributed by atoms with E-state index in [0.29, 0.717) is 11.3 Å². The maximum absolute atomic E-state index is 13.3. The van der Waals surface area contributed by atoms with Crippen LogP contribution in [-0.2, 0) is 0 Å². The molecule has 0 heterocycles. The third-order valence-electron chi connectivity index (χ3n) is 3.30. The molecule has 2 aromatic rings. The normalized spacial score (nSPS) is 10.3. The van der Waals surface area contributed by atoms with Gasteiger partial charge in [-0.2, -0.15) is 0 Å². The van der Waals surface area contributed by atoms with Gasteiger partial charge in [0.25, 0.3) is 5.91 Å². The first-order chi connectivity index (χ1) is 10.0. The number of aryl methyl sites for hydroxylation is 2. The molecule has 0 saturated heterocycles. The van der Waals surface area contributed by atoms with Crippen LogP contribution in [0.5, 0.6) is 0 Å². The zero-order valence-electron chi connectivity index (χ0n) is 12.5. The number of anilines is 2. The van der Waals surface area contributed by atoms with E-state index in [1.165, 1.54) is 12.1 Å². The van der Waals surface area contributed by atoms with Crippen molar-refractivity contribution in [2.75, 3.05) is 17.2 Å². The Hall–Kier alpha value is -2.36. The molecule has 0 radical (unpaired) electrons. The van der Waals surface area contributed by atoms with Gasteiger partial charge >= 0.3 is 0 Å². The molecule has 2 aromatic carbocycles. The zero-order valence-corrected chi connectivity index (χ0v) is 12.5. The van der Waals surface area contributed by atoms with E-state index in [-0.39, 0.29) is 11.7 Å². The second-order valence-electron chi connectivity index (χ2n) is 4.97. The number of hydrogen-bond donors (Lipinski definition) is 2. The third kappa shape index (κ3) is 3.60. The predicted molar refractivity (Wildman–Crippen MR) is 84.4 cm³/mol. The molecule has 0 atom stereocenters. The van der Waals surface area contributed by atoms with Crippen LogP contribution in [-0.4, -0.2) is 12.5 Å². The molecule has 2 N–H and O–H groups in total. The molecule has 0 aliphatic rings. The van der Waals surface area contributed by atoms with Gasteiger partial charge in [-0.05, 0) is 62.2 Å². The second kappa shape index (κ2) is 6.39. The van der Waals surface area contributed by atoms with Gasteiger partial charge in [-0.15, -0.1) is 0 Å². The molecule has 0 aliphatic heterocycles. The van der Waals surface area contributed by atoms with Gasteiger partial charge in [0.05, 0.1) is 0 Å². The molecule has 3 nitrogen and oxygen atoms in total. The van der Waals surface area contributed by atoms with Gasteiger partial charge in [-0.25, -0.2) is 4.39 Å². The summed E-state index contributed by atoms with van der Waals surface area (Å²) in [6, 6.07) is 9.92. The van der Waals surface area contributed by atoms with E-state index >= 15 is 0 Å². The molecule has 0 spiro atoms. The Balaban J connectivity index is 2.22. The molecule has 0 bridgehead atoms. The summed E-state index contributed by atoms with van der Waals surface area (Å²) in [4.78, 5) is 12.3. The monoisotopic (exact) mass is 286 g/mol. The SMILES string of the molecule is CCNc1ccc(C(=O)Nc2cc(F)ccc2C)c(C)c1. The molecule has 21 heavy (non-hydrogen) atoms. The highest BCUT2D eigenvalue weighted by Gasteiger charge is 2.11. The number of halogens is 1. The van der Waals surface area contributed by atoms with Gasteiger partial charge in [0.2, 0.25) is 0 Å². The lowest BCUT2D eigenvalue weighted by atomic mass is 10.1. The molecular formula is C17H19FN2O. The van der Waals surface area contributed by atoms with E-state index in [1.807, 2.05) is 32.9 Å². The average molecular weight is 286 g/mol. The highest BCUT2D eigenvalue weighted by Crippen LogP contribution is 2.20. The van der Waals surface area contributed by atoms with Crippen LogP contribution in [0, 0.1) is 19.7 Å². The maximum atomic E-state index is 13.3. The van der Waals surface area contributed by atoms with Crippen molar-refractivity contribution in [2.45, 2.75) is 20.8 Å². The van der Waals surface area contributed by atoms with E-state index in [2.05, 4.69) is 10.6 Å². The minimum absolute atomic E-state index is 0.232. The molecule has 2 rings (SSSR count). The lowest BCUT2D eigenvalue weighted by Crippen LogP contribution is -2.14. The predicted octanol–water partition coefficient (Wildman–Crippen LogP) is 4.13. The van der Waals surface area contributed by atoms with E-state index in [4.69, 9.17) is 0 Å². The zero-order chi connectivity index (χ0) is 15.4. The van der Waals surface area contributed by atoms with E-state index < -0.39 is 0 Å². The standard InChI is InChI=1S/C17H19FN2O/c1-4-19-14-7-8-15(12(3)9-14)17(21)20-16-10-13(18)6-5-11(16)2/h5-10,19H,4H2,1-3H3,(H,20,21). The van der Waals surface area contributed by atoms with Crippen molar-refractivity contribution in [3.8, 4) is 0 Å². The first kappa shape index (κ1) is 15.0. The third-order valence-corrected chi connectivity index (χ3v) is 3.30. The first-order valence-electron chi connectivity index (χ1n) is 6.93.